The maximum absolute atomic E-state index is 14.2. The number of morpholine rings is 1. The summed E-state index contributed by atoms with van der Waals surface area (Å²) in [7, 11) is 0. The van der Waals surface area contributed by atoms with E-state index >= 15 is 0 Å². The molecule has 0 bridgehead atoms. The van der Waals surface area contributed by atoms with E-state index in [4.69, 9.17) is 21.1 Å². The molecular formula is C31H38ClFN2O4. The van der Waals surface area contributed by atoms with Crippen molar-refractivity contribution < 1.29 is 23.5 Å². The third kappa shape index (κ3) is 6.09. The second kappa shape index (κ2) is 11.8. The minimum atomic E-state index is -0.664. The number of benzene rings is 2. The van der Waals surface area contributed by atoms with Gasteiger partial charge in [-0.2, -0.15) is 0 Å². The van der Waals surface area contributed by atoms with Crippen LogP contribution in [-0.2, 0) is 19.7 Å². The van der Waals surface area contributed by atoms with Crippen LogP contribution in [0.3, 0.4) is 0 Å². The Balaban J connectivity index is 1.32. The number of nitrogens with zero attached hydrogens (tertiary/aromatic N) is 2. The summed E-state index contributed by atoms with van der Waals surface area (Å²) in [5.74, 6) is 0.624. The SMILES string of the molecule is Cc1cc(OCC2(CC(=O)N3CCOCC3)CCN(C(=O)C3(c4cccc(F)c4)CCCC3)CC2)ccc1Cl. The summed E-state index contributed by atoms with van der Waals surface area (Å²) in [5, 5.41) is 0.686. The second-order valence-electron chi connectivity index (χ2n) is 11.5. The fraction of sp³-hybridized carbons (Fsp3) is 0.548. The lowest BCUT2D eigenvalue weighted by atomic mass is 9.73. The maximum Gasteiger partial charge on any atom is 0.233 e. The van der Waals surface area contributed by atoms with Gasteiger partial charge in [-0.05, 0) is 74.1 Å². The molecule has 2 aliphatic heterocycles. The number of halogens is 2. The summed E-state index contributed by atoms with van der Waals surface area (Å²) >= 11 is 6.20. The van der Waals surface area contributed by atoms with Gasteiger partial charge in [-0.15, -0.1) is 0 Å². The number of aryl methyl sites for hydroxylation is 1. The van der Waals surface area contributed by atoms with E-state index in [1.807, 2.05) is 41.0 Å². The number of rotatable bonds is 7. The number of carbonyl (C=O) groups is 2. The van der Waals surface area contributed by atoms with E-state index in [1.54, 1.807) is 6.07 Å². The Labute approximate surface area is 235 Å². The zero-order valence-electron chi connectivity index (χ0n) is 22.7. The first-order chi connectivity index (χ1) is 18.8. The van der Waals surface area contributed by atoms with Crippen LogP contribution in [0.2, 0.25) is 5.02 Å². The summed E-state index contributed by atoms with van der Waals surface area (Å²) < 4.78 is 25.9. The highest BCUT2D eigenvalue weighted by Gasteiger charge is 2.47. The molecule has 2 amide bonds. The molecule has 3 aliphatic rings. The Bertz CT molecular complexity index is 1180. The first-order valence-corrected chi connectivity index (χ1v) is 14.5. The largest absolute Gasteiger partial charge is 0.493 e. The number of amides is 2. The van der Waals surface area contributed by atoms with Gasteiger partial charge >= 0.3 is 0 Å². The summed E-state index contributed by atoms with van der Waals surface area (Å²) in [6.45, 7) is 5.76. The minimum Gasteiger partial charge on any atom is -0.493 e. The van der Waals surface area contributed by atoms with Crippen LogP contribution >= 0.6 is 11.6 Å². The van der Waals surface area contributed by atoms with Crippen LogP contribution in [0.15, 0.2) is 42.5 Å². The molecule has 2 heterocycles. The van der Waals surface area contributed by atoms with E-state index < -0.39 is 5.41 Å². The van der Waals surface area contributed by atoms with Crippen molar-refractivity contribution in [2.24, 2.45) is 5.41 Å². The van der Waals surface area contributed by atoms with Crippen molar-refractivity contribution in [1.82, 2.24) is 9.80 Å². The third-order valence-corrected chi connectivity index (χ3v) is 9.34. The van der Waals surface area contributed by atoms with Gasteiger partial charge in [-0.1, -0.05) is 36.6 Å². The van der Waals surface area contributed by atoms with Crippen LogP contribution in [0.25, 0.3) is 0 Å². The predicted molar refractivity (Wildman–Crippen MR) is 148 cm³/mol. The minimum absolute atomic E-state index is 0.0907. The van der Waals surface area contributed by atoms with E-state index in [0.717, 1.165) is 42.6 Å². The van der Waals surface area contributed by atoms with Crippen LogP contribution in [0.1, 0.15) is 56.1 Å². The number of piperidine rings is 1. The normalized spacial score (nSPS) is 20.6. The van der Waals surface area contributed by atoms with Gasteiger partial charge in [0.25, 0.3) is 0 Å². The lowest BCUT2D eigenvalue weighted by Crippen LogP contribution is -2.53. The standard InChI is InChI=1S/C31H38ClFN2O4/c1-23-19-26(7-8-27(23)32)39-22-30(21-28(36)34-15-17-38-18-16-34)11-13-35(14-12-30)29(37)31(9-2-3-10-31)24-5-4-6-25(33)20-24/h4-8,19-20H,2-3,9-18,21-22H2,1H3. The van der Waals surface area contributed by atoms with Crippen molar-refractivity contribution in [2.45, 2.75) is 57.3 Å². The summed E-state index contributed by atoms with van der Waals surface area (Å²) in [5.41, 5.74) is 0.669. The lowest BCUT2D eigenvalue weighted by molar-refractivity contribution is -0.143. The van der Waals surface area contributed by atoms with Crippen molar-refractivity contribution >= 4 is 23.4 Å². The molecule has 39 heavy (non-hydrogen) atoms. The summed E-state index contributed by atoms with van der Waals surface area (Å²) in [6, 6.07) is 12.2. The molecule has 2 aromatic carbocycles. The Morgan fingerprint density at radius 3 is 2.36 bits per heavy atom. The molecule has 2 aromatic rings. The molecule has 8 heteroatoms. The highest BCUT2D eigenvalue weighted by molar-refractivity contribution is 6.31. The number of carbonyl (C=O) groups excluding carboxylic acids is 2. The average molecular weight is 557 g/mol. The van der Waals surface area contributed by atoms with Crippen LogP contribution in [-0.4, -0.2) is 67.6 Å². The molecule has 1 saturated carbocycles. The van der Waals surface area contributed by atoms with Crippen LogP contribution in [0.4, 0.5) is 4.39 Å². The maximum atomic E-state index is 14.2. The zero-order chi connectivity index (χ0) is 27.5. The zero-order valence-corrected chi connectivity index (χ0v) is 23.5. The molecule has 2 saturated heterocycles. The summed E-state index contributed by atoms with van der Waals surface area (Å²) in [6.07, 6.45) is 5.11. The van der Waals surface area contributed by atoms with E-state index in [-0.39, 0.29) is 23.0 Å². The molecule has 0 atom stereocenters. The second-order valence-corrected chi connectivity index (χ2v) is 11.9. The number of hydrogen-bond acceptors (Lipinski definition) is 4. The Kier molecular flexibility index (Phi) is 8.48. The molecule has 3 fully saturated rings. The number of hydrogen-bond donors (Lipinski definition) is 0. The fourth-order valence-electron chi connectivity index (χ4n) is 6.44. The molecule has 0 radical (unpaired) electrons. The van der Waals surface area contributed by atoms with Gasteiger partial charge in [-0.25, -0.2) is 4.39 Å². The summed E-state index contributed by atoms with van der Waals surface area (Å²) in [4.78, 5) is 31.2. The van der Waals surface area contributed by atoms with E-state index in [1.165, 1.54) is 12.1 Å². The van der Waals surface area contributed by atoms with Gasteiger partial charge in [-0.3, -0.25) is 9.59 Å². The molecule has 5 rings (SSSR count). The topological polar surface area (TPSA) is 59.1 Å². The Morgan fingerprint density at radius 2 is 1.69 bits per heavy atom. The van der Waals surface area contributed by atoms with E-state index in [9.17, 15) is 14.0 Å². The molecule has 6 nitrogen and oxygen atoms in total. The molecule has 0 unspecified atom stereocenters. The highest BCUT2D eigenvalue weighted by Crippen LogP contribution is 2.45. The van der Waals surface area contributed by atoms with Crippen molar-refractivity contribution in [3.63, 3.8) is 0 Å². The van der Waals surface area contributed by atoms with Crippen LogP contribution in [0.5, 0.6) is 5.75 Å². The van der Waals surface area contributed by atoms with E-state index in [2.05, 4.69) is 0 Å². The first kappa shape index (κ1) is 27.9. The first-order valence-electron chi connectivity index (χ1n) is 14.1. The monoisotopic (exact) mass is 556 g/mol. The highest BCUT2D eigenvalue weighted by atomic mass is 35.5. The van der Waals surface area contributed by atoms with Crippen molar-refractivity contribution in [3.8, 4) is 5.75 Å². The predicted octanol–water partition coefficient (Wildman–Crippen LogP) is 5.54. The van der Waals surface area contributed by atoms with E-state index in [0.29, 0.717) is 70.3 Å². The van der Waals surface area contributed by atoms with Crippen molar-refractivity contribution in [1.29, 1.82) is 0 Å². The molecule has 0 N–H and O–H groups in total. The Morgan fingerprint density at radius 1 is 0.974 bits per heavy atom. The van der Waals surface area contributed by atoms with Crippen LogP contribution < -0.4 is 4.74 Å². The lowest BCUT2D eigenvalue weighted by Gasteiger charge is -2.44. The van der Waals surface area contributed by atoms with Gasteiger partial charge in [0.1, 0.15) is 11.6 Å². The van der Waals surface area contributed by atoms with Gasteiger partial charge in [0.2, 0.25) is 11.8 Å². The molecule has 210 valence electrons. The van der Waals surface area contributed by atoms with Gasteiger partial charge in [0.05, 0.1) is 25.2 Å². The smallest absolute Gasteiger partial charge is 0.233 e. The number of likely N-dealkylation sites (tertiary alicyclic amines) is 1. The van der Waals surface area contributed by atoms with Crippen LogP contribution in [0, 0.1) is 18.2 Å². The molecule has 1 aliphatic carbocycles. The fourth-order valence-corrected chi connectivity index (χ4v) is 6.56. The van der Waals surface area contributed by atoms with Crippen molar-refractivity contribution in [2.75, 3.05) is 46.0 Å². The van der Waals surface area contributed by atoms with Crippen molar-refractivity contribution in [3.05, 3.63) is 64.4 Å². The average Bonchev–Trinajstić information content (AvgIpc) is 3.46. The number of ether oxygens (including phenoxy) is 2. The third-order valence-electron chi connectivity index (χ3n) is 8.92. The quantitative estimate of drug-likeness (QED) is 0.449. The van der Waals surface area contributed by atoms with Gasteiger partial charge in [0, 0.05) is 43.0 Å². The van der Waals surface area contributed by atoms with Gasteiger partial charge < -0.3 is 19.3 Å². The van der Waals surface area contributed by atoms with Gasteiger partial charge in [0.15, 0.2) is 0 Å². The molecular weight excluding hydrogens is 519 g/mol. The Hall–Kier alpha value is -2.64. The molecule has 0 spiro atoms. The molecule has 0 aromatic heterocycles.